The summed E-state index contributed by atoms with van der Waals surface area (Å²) in [6.07, 6.45) is 0.874. The highest BCUT2D eigenvalue weighted by molar-refractivity contribution is 7.09. The Labute approximate surface area is 87.7 Å². The third kappa shape index (κ3) is 3.12. The molecule has 1 N–H and O–H groups in total. The summed E-state index contributed by atoms with van der Waals surface area (Å²) in [5.41, 5.74) is -0.119. The van der Waals surface area contributed by atoms with Crippen molar-refractivity contribution in [3.63, 3.8) is 0 Å². The van der Waals surface area contributed by atoms with Crippen LogP contribution in [0.4, 0.5) is 5.13 Å². The number of aromatic nitrogens is 2. The zero-order valence-corrected chi connectivity index (χ0v) is 9.67. The van der Waals surface area contributed by atoms with Gasteiger partial charge in [-0.2, -0.15) is 4.37 Å². The predicted molar refractivity (Wildman–Crippen MR) is 57.7 cm³/mol. The topological polar surface area (TPSA) is 37.8 Å². The molecule has 0 bridgehead atoms. The van der Waals surface area contributed by atoms with E-state index in [0.717, 1.165) is 17.4 Å². The summed E-state index contributed by atoms with van der Waals surface area (Å²) in [7, 11) is 0. The molecule has 1 aromatic rings. The van der Waals surface area contributed by atoms with Crippen LogP contribution >= 0.6 is 23.1 Å². The SMILES string of the molecule is CCc1nsc(NC(C)(C)CCl)n1. The van der Waals surface area contributed by atoms with Crippen LogP contribution in [0.25, 0.3) is 0 Å². The Morgan fingerprint density at radius 3 is 2.69 bits per heavy atom. The van der Waals surface area contributed by atoms with Gasteiger partial charge >= 0.3 is 0 Å². The zero-order valence-electron chi connectivity index (χ0n) is 8.09. The quantitative estimate of drug-likeness (QED) is 0.791. The second-order valence-electron chi connectivity index (χ2n) is 3.51. The molecule has 0 aromatic carbocycles. The highest BCUT2D eigenvalue weighted by atomic mass is 35.5. The van der Waals surface area contributed by atoms with Crippen molar-refractivity contribution in [1.29, 1.82) is 0 Å². The molecule has 3 nitrogen and oxygen atoms in total. The lowest BCUT2D eigenvalue weighted by atomic mass is 10.1. The smallest absolute Gasteiger partial charge is 0.203 e. The molecule has 0 aliphatic heterocycles. The standard InChI is InChI=1S/C8H14ClN3S/c1-4-6-10-7(13-12-6)11-8(2,3)5-9/h4-5H2,1-3H3,(H,10,11,12). The van der Waals surface area contributed by atoms with Crippen molar-refractivity contribution in [2.75, 3.05) is 11.2 Å². The Kier molecular flexibility index (Phi) is 3.50. The first-order valence-electron chi connectivity index (χ1n) is 4.24. The van der Waals surface area contributed by atoms with E-state index in [2.05, 4.69) is 14.7 Å². The molecule has 0 saturated heterocycles. The maximum Gasteiger partial charge on any atom is 0.203 e. The zero-order chi connectivity index (χ0) is 9.90. The Balaban J connectivity index is 2.63. The summed E-state index contributed by atoms with van der Waals surface area (Å²) in [5, 5.41) is 4.09. The lowest BCUT2D eigenvalue weighted by Gasteiger charge is -2.22. The normalized spacial score (nSPS) is 11.7. The van der Waals surface area contributed by atoms with Gasteiger partial charge in [0.1, 0.15) is 5.82 Å². The molecule has 0 spiro atoms. The van der Waals surface area contributed by atoms with Gasteiger partial charge < -0.3 is 5.32 Å². The van der Waals surface area contributed by atoms with E-state index in [1.807, 2.05) is 20.8 Å². The Hall–Kier alpha value is -0.350. The molecule has 0 radical (unpaired) electrons. The Bertz CT molecular complexity index is 272. The van der Waals surface area contributed by atoms with Gasteiger partial charge in [0, 0.05) is 29.4 Å². The van der Waals surface area contributed by atoms with Crippen LogP contribution in [0.15, 0.2) is 0 Å². The van der Waals surface area contributed by atoms with Crippen molar-refractivity contribution in [3.8, 4) is 0 Å². The van der Waals surface area contributed by atoms with Gasteiger partial charge in [-0.05, 0) is 13.8 Å². The number of hydrogen-bond donors (Lipinski definition) is 1. The Morgan fingerprint density at radius 1 is 1.54 bits per heavy atom. The molecule has 0 unspecified atom stereocenters. The largest absolute Gasteiger partial charge is 0.354 e. The molecule has 0 aliphatic carbocycles. The lowest BCUT2D eigenvalue weighted by Crippen LogP contribution is -2.32. The molecule has 1 rings (SSSR count). The molecular weight excluding hydrogens is 206 g/mol. The van der Waals surface area contributed by atoms with E-state index < -0.39 is 0 Å². The van der Waals surface area contributed by atoms with Crippen molar-refractivity contribution < 1.29 is 0 Å². The second kappa shape index (κ2) is 4.24. The van der Waals surface area contributed by atoms with Gasteiger partial charge in [0.25, 0.3) is 0 Å². The van der Waals surface area contributed by atoms with Crippen LogP contribution in [0.5, 0.6) is 0 Å². The average molecular weight is 220 g/mol. The number of halogens is 1. The molecule has 5 heteroatoms. The van der Waals surface area contributed by atoms with Crippen molar-refractivity contribution >= 4 is 28.3 Å². The summed E-state index contributed by atoms with van der Waals surface area (Å²) in [6.45, 7) is 6.11. The number of nitrogens with one attached hydrogen (secondary N) is 1. The van der Waals surface area contributed by atoms with E-state index in [1.54, 1.807) is 0 Å². The highest BCUT2D eigenvalue weighted by Crippen LogP contribution is 2.18. The van der Waals surface area contributed by atoms with Gasteiger partial charge in [0.05, 0.1) is 0 Å². The molecular formula is C8H14ClN3S. The van der Waals surface area contributed by atoms with Crippen molar-refractivity contribution in [1.82, 2.24) is 9.36 Å². The minimum atomic E-state index is -0.119. The number of rotatable bonds is 4. The molecule has 0 amide bonds. The maximum atomic E-state index is 5.78. The van der Waals surface area contributed by atoms with Crippen LogP contribution in [0, 0.1) is 0 Å². The highest BCUT2D eigenvalue weighted by Gasteiger charge is 2.17. The number of aryl methyl sites for hydroxylation is 1. The van der Waals surface area contributed by atoms with E-state index >= 15 is 0 Å². The summed E-state index contributed by atoms with van der Waals surface area (Å²) >= 11 is 7.16. The number of alkyl halides is 1. The summed E-state index contributed by atoms with van der Waals surface area (Å²) in [5.74, 6) is 1.44. The predicted octanol–water partition coefficient (Wildman–Crippen LogP) is 2.53. The van der Waals surface area contributed by atoms with E-state index in [-0.39, 0.29) is 5.54 Å². The number of hydrogen-bond acceptors (Lipinski definition) is 4. The monoisotopic (exact) mass is 219 g/mol. The molecule has 1 aromatic heterocycles. The fourth-order valence-electron chi connectivity index (χ4n) is 0.771. The van der Waals surface area contributed by atoms with Crippen molar-refractivity contribution in [3.05, 3.63) is 5.82 Å². The minimum Gasteiger partial charge on any atom is -0.354 e. The van der Waals surface area contributed by atoms with E-state index in [0.29, 0.717) is 5.88 Å². The number of nitrogens with zero attached hydrogens (tertiary/aromatic N) is 2. The average Bonchev–Trinajstić information content (AvgIpc) is 2.52. The van der Waals surface area contributed by atoms with Gasteiger partial charge in [-0.25, -0.2) is 4.98 Å². The summed E-state index contributed by atoms with van der Waals surface area (Å²) in [6, 6.07) is 0. The molecule has 0 saturated carbocycles. The molecule has 74 valence electrons. The molecule has 0 atom stereocenters. The molecule has 13 heavy (non-hydrogen) atoms. The first kappa shape index (κ1) is 10.7. The summed E-state index contributed by atoms with van der Waals surface area (Å²) < 4.78 is 4.18. The first-order valence-corrected chi connectivity index (χ1v) is 5.55. The second-order valence-corrected chi connectivity index (χ2v) is 4.53. The van der Waals surface area contributed by atoms with E-state index in [1.165, 1.54) is 11.5 Å². The Morgan fingerprint density at radius 2 is 2.23 bits per heavy atom. The van der Waals surface area contributed by atoms with Crippen LogP contribution in [0.2, 0.25) is 0 Å². The van der Waals surface area contributed by atoms with Crippen molar-refractivity contribution in [2.45, 2.75) is 32.7 Å². The van der Waals surface area contributed by atoms with Crippen molar-refractivity contribution in [2.24, 2.45) is 0 Å². The van der Waals surface area contributed by atoms with Gasteiger partial charge in [0.15, 0.2) is 0 Å². The van der Waals surface area contributed by atoms with Crippen LogP contribution in [0.1, 0.15) is 26.6 Å². The first-order chi connectivity index (χ1) is 6.07. The van der Waals surface area contributed by atoms with E-state index in [9.17, 15) is 0 Å². The summed E-state index contributed by atoms with van der Waals surface area (Å²) in [4.78, 5) is 4.30. The minimum absolute atomic E-state index is 0.119. The third-order valence-electron chi connectivity index (χ3n) is 1.56. The fourth-order valence-corrected chi connectivity index (χ4v) is 1.67. The number of anilines is 1. The van der Waals surface area contributed by atoms with Gasteiger partial charge in [-0.1, -0.05) is 6.92 Å². The van der Waals surface area contributed by atoms with Crippen LogP contribution in [-0.4, -0.2) is 20.8 Å². The van der Waals surface area contributed by atoms with Gasteiger partial charge in [-0.15, -0.1) is 11.6 Å². The lowest BCUT2D eigenvalue weighted by molar-refractivity contribution is 0.640. The maximum absolute atomic E-state index is 5.78. The third-order valence-corrected chi connectivity index (χ3v) is 2.90. The van der Waals surface area contributed by atoms with Crippen LogP contribution in [0.3, 0.4) is 0 Å². The molecule has 1 heterocycles. The van der Waals surface area contributed by atoms with Gasteiger partial charge in [0.2, 0.25) is 5.13 Å². The fraction of sp³-hybridized carbons (Fsp3) is 0.750. The van der Waals surface area contributed by atoms with Crippen LogP contribution in [-0.2, 0) is 6.42 Å². The molecule has 0 aliphatic rings. The van der Waals surface area contributed by atoms with Gasteiger partial charge in [-0.3, -0.25) is 0 Å². The molecule has 0 fully saturated rings. The van der Waals surface area contributed by atoms with Crippen LogP contribution < -0.4 is 5.32 Å². The van der Waals surface area contributed by atoms with E-state index in [4.69, 9.17) is 11.6 Å².